The van der Waals surface area contributed by atoms with E-state index in [4.69, 9.17) is 0 Å². The van der Waals surface area contributed by atoms with Crippen molar-refractivity contribution in [3.63, 3.8) is 0 Å². The van der Waals surface area contributed by atoms with Crippen LogP contribution in [-0.2, 0) is 20.0 Å². The molecule has 0 saturated carbocycles. The number of aryl methyl sites for hydroxylation is 3. The largest absolute Gasteiger partial charge is 0.330 e. The van der Waals surface area contributed by atoms with E-state index in [9.17, 15) is 9.59 Å². The number of nitrogens with one attached hydrogen (secondary N) is 1. The molecule has 0 bridgehead atoms. The van der Waals surface area contributed by atoms with Gasteiger partial charge in [-0.1, -0.05) is 55.9 Å². The normalized spacial score (nSPS) is 11.5. The number of aromatic amines is 1. The second-order valence-electron chi connectivity index (χ2n) is 6.29. The number of hydrogen-bond acceptors (Lipinski definition) is 4. The van der Waals surface area contributed by atoms with Crippen LogP contribution in [0.5, 0.6) is 0 Å². The van der Waals surface area contributed by atoms with Crippen LogP contribution >= 0.6 is 11.8 Å². The Morgan fingerprint density at radius 2 is 1.92 bits per heavy atom. The molecule has 0 aliphatic rings. The van der Waals surface area contributed by atoms with Crippen molar-refractivity contribution in [1.82, 2.24) is 19.1 Å². The molecule has 1 N–H and O–H groups in total. The lowest BCUT2D eigenvalue weighted by molar-refractivity contribution is 0.609. The molecule has 0 atom stereocenters. The van der Waals surface area contributed by atoms with Crippen LogP contribution in [0.25, 0.3) is 11.2 Å². The van der Waals surface area contributed by atoms with Gasteiger partial charge in [0, 0.05) is 18.8 Å². The van der Waals surface area contributed by atoms with Crippen molar-refractivity contribution in [2.24, 2.45) is 7.05 Å². The molecule has 3 rings (SSSR count). The minimum absolute atomic E-state index is 0.324. The van der Waals surface area contributed by atoms with Gasteiger partial charge in [-0.15, -0.1) is 0 Å². The molecule has 0 saturated heterocycles. The van der Waals surface area contributed by atoms with Gasteiger partial charge < -0.3 is 4.57 Å². The zero-order valence-corrected chi connectivity index (χ0v) is 15.5. The van der Waals surface area contributed by atoms with Crippen LogP contribution < -0.4 is 11.2 Å². The Labute approximate surface area is 149 Å². The van der Waals surface area contributed by atoms with Crippen LogP contribution in [0.15, 0.2) is 45.1 Å². The number of fused-ring (bicyclic) bond motifs is 1. The molecule has 0 amide bonds. The molecular formula is C18H22N4O2S. The van der Waals surface area contributed by atoms with Gasteiger partial charge in [0.05, 0.1) is 0 Å². The minimum Gasteiger partial charge on any atom is -0.308 e. The van der Waals surface area contributed by atoms with E-state index < -0.39 is 5.56 Å². The molecular weight excluding hydrogens is 336 g/mol. The molecule has 0 fully saturated rings. The number of imidazole rings is 1. The van der Waals surface area contributed by atoms with E-state index in [-0.39, 0.29) is 5.69 Å². The summed E-state index contributed by atoms with van der Waals surface area (Å²) < 4.78 is 3.47. The van der Waals surface area contributed by atoms with Gasteiger partial charge in [0.25, 0.3) is 5.56 Å². The van der Waals surface area contributed by atoms with Gasteiger partial charge in [-0.05, 0) is 18.4 Å². The highest BCUT2D eigenvalue weighted by Gasteiger charge is 2.17. The highest BCUT2D eigenvalue weighted by atomic mass is 32.2. The molecule has 1 aromatic carbocycles. The number of thioether (sulfide) groups is 1. The zero-order chi connectivity index (χ0) is 18.0. The molecule has 0 spiro atoms. The molecule has 0 unspecified atom stereocenters. The Balaban J connectivity index is 1.95. The smallest absolute Gasteiger partial charge is 0.308 e. The molecule has 3 aromatic rings. The highest BCUT2D eigenvalue weighted by molar-refractivity contribution is 7.99. The predicted molar refractivity (Wildman–Crippen MR) is 101 cm³/mol. The first kappa shape index (κ1) is 17.5. The Morgan fingerprint density at radius 3 is 2.60 bits per heavy atom. The van der Waals surface area contributed by atoms with E-state index in [2.05, 4.69) is 35.9 Å². The summed E-state index contributed by atoms with van der Waals surface area (Å²) in [6.45, 7) is 4.68. The Morgan fingerprint density at radius 1 is 1.20 bits per heavy atom. The van der Waals surface area contributed by atoms with Crippen LogP contribution in [0.2, 0.25) is 0 Å². The van der Waals surface area contributed by atoms with Gasteiger partial charge in [-0.3, -0.25) is 14.3 Å². The Hall–Kier alpha value is -2.28. The van der Waals surface area contributed by atoms with Crippen molar-refractivity contribution in [2.75, 3.05) is 0 Å². The fourth-order valence-corrected chi connectivity index (χ4v) is 3.67. The third-order valence-electron chi connectivity index (χ3n) is 3.99. The van der Waals surface area contributed by atoms with Gasteiger partial charge in [-0.25, -0.2) is 9.78 Å². The van der Waals surface area contributed by atoms with E-state index >= 15 is 0 Å². The Bertz CT molecular complexity index is 986. The first-order valence-corrected chi connectivity index (χ1v) is 9.25. The molecule has 2 aromatic heterocycles. The van der Waals surface area contributed by atoms with Crippen molar-refractivity contribution >= 4 is 22.9 Å². The van der Waals surface area contributed by atoms with Gasteiger partial charge >= 0.3 is 5.69 Å². The summed E-state index contributed by atoms with van der Waals surface area (Å²) in [5.41, 5.74) is 1.34. The van der Waals surface area contributed by atoms with Crippen molar-refractivity contribution in [3.05, 3.63) is 56.7 Å². The lowest BCUT2D eigenvalue weighted by Crippen LogP contribution is -2.31. The van der Waals surface area contributed by atoms with Crippen LogP contribution in [0, 0.1) is 0 Å². The first-order chi connectivity index (χ1) is 12.0. The summed E-state index contributed by atoms with van der Waals surface area (Å²) >= 11 is 1.58. The first-order valence-electron chi connectivity index (χ1n) is 8.37. The maximum atomic E-state index is 12.3. The number of H-pyrrole nitrogens is 1. The van der Waals surface area contributed by atoms with Gasteiger partial charge in [0.2, 0.25) is 0 Å². The lowest BCUT2D eigenvalue weighted by atomic mass is 10.1. The molecule has 0 aliphatic carbocycles. The number of rotatable bonds is 6. The van der Waals surface area contributed by atoms with Gasteiger partial charge in [0.1, 0.15) is 0 Å². The van der Waals surface area contributed by atoms with Crippen LogP contribution in [0.4, 0.5) is 0 Å². The SMILES string of the molecule is CC(C)Sc1nc2c(=O)[nH]c(=O)n(CCCc3ccccc3)c2n1C. The summed E-state index contributed by atoms with van der Waals surface area (Å²) in [6.07, 6.45) is 1.68. The van der Waals surface area contributed by atoms with Crippen LogP contribution in [0.1, 0.15) is 25.8 Å². The zero-order valence-electron chi connectivity index (χ0n) is 14.7. The summed E-state index contributed by atoms with van der Waals surface area (Å²) in [4.78, 5) is 31.3. The third kappa shape index (κ3) is 3.71. The molecule has 7 heteroatoms. The van der Waals surface area contributed by atoms with Crippen molar-refractivity contribution < 1.29 is 0 Å². The minimum atomic E-state index is -0.425. The summed E-state index contributed by atoms with van der Waals surface area (Å²) in [6, 6.07) is 10.2. The standard InChI is InChI=1S/C18H22N4O2S/c1-12(2)25-18-19-14-15(23)20-17(24)22(16(14)21(18)3)11-7-10-13-8-5-4-6-9-13/h4-6,8-9,12H,7,10-11H2,1-3H3,(H,20,23,24). The maximum absolute atomic E-state index is 12.3. The molecule has 132 valence electrons. The Kier molecular flexibility index (Phi) is 5.13. The average molecular weight is 358 g/mol. The summed E-state index contributed by atoms with van der Waals surface area (Å²) in [7, 11) is 1.85. The van der Waals surface area contributed by atoms with E-state index in [1.807, 2.05) is 29.8 Å². The molecule has 6 nitrogen and oxygen atoms in total. The van der Waals surface area contributed by atoms with E-state index in [0.29, 0.717) is 23.0 Å². The fourth-order valence-electron chi connectivity index (χ4n) is 2.86. The molecule has 0 radical (unpaired) electrons. The lowest BCUT2D eigenvalue weighted by Gasteiger charge is -2.10. The van der Waals surface area contributed by atoms with Crippen LogP contribution in [-0.4, -0.2) is 24.4 Å². The van der Waals surface area contributed by atoms with Crippen LogP contribution in [0.3, 0.4) is 0 Å². The third-order valence-corrected chi connectivity index (χ3v) is 5.04. The number of hydrogen-bond donors (Lipinski definition) is 1. The number of aromatic nitrogens is 4. The molecule has 25 heavy (non-hydrogen) atoms. The van der Waals surface area contributed by atoms with Crippen molar-refractivity contribution in [3.8, 4) is 0 Å². The highest BCUT2D eigenvalue weighted by Crippen LogP contribution is 2.24. The van der Waals surface area contributed by atoms with Gasteiger partial charge in [-0.2, -0.15) is 0 Å². The summed E-state index contributed by atoms with van der Waals surface area (Å²) in [5, 5.41) is 1.09. The van der Waals surface area contributed by atoms with Gasteiger partial charge in [0.15, 0.2) is 16.3 Å². The predicted octanol–water partition coefficient (Wildman–Crippen LogP) is 2.56. The number of nitrogens with zero attached hydrogens (tertiary/aromatic N) is 3. The van der Waals surface area contributed by atoms with E-state index in [1.54, 1.807) is 16.3 Å². The van der Waals surface area contributed by atoms with Crippen molar-refractivity contribution in [2.45, 2.75) is 43.6 Å². The average Bonchev–Trinajstić information content (AvgIpc) is 2.88. The molecule has 0 aliphatic heterocycles. The molecule has 2 heterocycles. The summed E-state index contributed by atoms with van der Waals surface area (Å²) in [5.74, 6) is 0. The van der Waals surface area contributed by atoms with E-state index in [0.717, 1.165) is 18.0 Å². The van der Waals surface area contributed by atoms with Crippen molar-refractivity contribution in [1.29, 1.82) is 0 Å². The fraction of sp³-hybridized carbons (Fsp3) is 0.389. The monoisotopic (exact) mass is 358 g/mol. The van der Waals surface area contributed by atoms with E-state index in [1.165, 1.54) is 5.56 Å². The topological polar surface area (TPSA) is 72.7 Å². The second kappa shape index (κ2) is 7.31. The second-order valence-corrected chi connectivity index (χ2v) is 7.84. The number of benzene rings is 1. The quantitative estimate of drug-likeness (QED) is 0.688. The maximum Gasteiger partial charge on any atom is 0.330 e.